The summed E-state index contributed by atoms with van der Waals surface area (Å²) in [5, 5.41) is 3.90. The summed E-state index contributed by atoms with van der Waals surface area (Å²) >= 11 is 1.66. The summed E-state index contributed by atoms with van der Waals surface area (Å²) in [4.78, 5) is 4.67. The first-order chi connectivity index (χ1) is 8.64. The van der Waals surface area contributed by atoms with Crippen LogP contribution in [0.15, 0.2) is 40.6 Å². The zero-order chi connectivity index (χ0) is 13.0. The second-order valence-electron chi connectivity index (χ2n) is 4.82. The molecule has 4 heteroatoms. The van der Waals surface area contributed by atoms with Crippen molar-refractivity contribution in [2.24, 2.45) is 10.7 Å². The van der Waals surface area contributed by atoms with Gasteiger partial charge in [-0.05, 0) is 37.8 Å². The maximum absolute atomic E-state index is 5.88. The third kappa shape index (κ3) is 2.99. The van der Waals surface area contributed by atoms with Crippen molar-refractivity contribution < 1.29 is 0 Å². The van der Waals surface area contributed by atoms with Gasteiger partial charge in [0.05, 0.1) is 5.54 Å². The molecule has 2 rings (SSSR count). The van der Waals surface area contributed by atoms with E-state index in [0.717, 1.165) is 30.2 Å². The van der Waals surface area contributed by atoms with E-state index >= 15 is 0 Å². The second-order valence-corrected chi connectivity index (χ2v) is 5.94. The molecule has 3 nitrogen and oxygen atoms in total. The number of hydrogen-bond donors (Lipinski definition) is 2. The van der Waals surface area contributed by atoms with E-state index in [4.69, 9.17) is 5.73 Å². The Hall–Kier alpha value is -1.16. The number of likely N-dealkylation sites (N-methyl/N-ethyl adjacent to an activating group) is 1. The highest BCUT2D eigenvalue weighted by Crippen LogP contribution is 2.34. The van der Waals surface area contributed by atoms with Crippen LogP contribution in [0.2, 0.25) is 0 Å². The molecule has 1 unspecified atom stereocenters. The van der Waals surface area contributed by atoms with E-state index in [1.807, 2.05) is 7.05 Å². The van der Waals surface area contributed by atoms with Gasteiger partial charge in [0.25, 0.3) is 0 Å². The molecule has 1 atom stereocenters. The number of nitrogens with two attached hydrogens (primary N) is 1. The standard InChI is InChI=1S/C14H21N3S/c1-14(9-10-18-13(15)17-14)11-5-3-7-12(16-2)8-4-6-11/h3,5,7-8,16H,4,6,9-10H2,1-2H3,(H2,15,17)/b7-3-,11-5+,12-8+. The normalized spacial score (nSPS) is 36.2. The number of nitrogens with zero attached hydrogens (tertiary/aromatic N) is 1. The molecule has 0 aromatic rings. The molecular formula is C14H21N3S. The average Bonchev–Trinajstić information content (AvgIpc) is 2.28. The van der Waals surface area contributed by atoms with Gasteiger partial charge in [-0.2, -0.15) is 0 Å². The fourth-order valence-corrected chi connectivity index (χ4v) is 3.33. The van der Waals surface area contributed by atoms with Crippen LogP contribution in [0, 0.1) is 0 Å². The molecule has 3 N–H and O–H groups in total. The molecule has 1 aliphatic heterocycles. The summed E-state index contributed by atoms with van der Waals surface area (Å²) in [6, 6.07) is 0. The van der Waals surface area contributed by atoms with Gasteiger partial charge in [-0.3, -0.25) is 4.99 Å². The van der Waals surface area contributed by atoms with E-state index in [1.54, 1.807) is 11.8 Å². The number of aliphatic imine (C=N–C) groups is 1. The van der Waals surface area contributed by atoms with Crippen LogP contribution < -0.4 is 11.1 Å². The third-order valence-corrected chi connectivity index (χ3v) is 4.32. The summed E-state index contributed by atoms with van der Waals surface area (Å²) in [5.74, 6) is 1.06. The minimum Gasteiger partial charge on any atom is -0.388 e. The van der Waals surface area contributed by atoms with Crippen LogP contribution in [0.25, 0.3) is 0 Å². The molecule has 0 aromatic carbocycles. The molecule has 0 radical (unpaired) electrons. The topological polar surface area (TPSA) is 50.4 Å². The summed E-state index contributed by atoms with van der Waals surface area (Å²) < 4.78 is 0. The number of thioether (sulfide) groups is 1. The van der Waals surface area contributed by atoms with Crippen molar-refractivity contribution in [3.05, 3.63) is 35.6 Å². The zero-order valence-corrected chi connectivity index (χ0v) is 11.9. The van der Waals surface area contributed by atoms with Gasteiger partial charge in [0.1, 0.15) is 0 Å². The molecular weight excluding hydrogens is 242 g/mol. The Kier molecular flexibility index (Phi) is 4.17. The fourth-order valence-electron chi connectivity index (χ4n) is 2.35. The quantitative estimate of drug-likeness (QED) is 0.805. The molecule has 0 fully saturated rings. The van der Waals surface area contributed by atoms with Crippen molar-refractivity contribution in [2.75, 3.05) is 12.8 Å². The smallest absolute Gasteiger partial charge is 0.154 e. The van der Waals surface area contributed by atoms with Crippen molar-refractivity contribution in [1.82, 2.24) is 5.32 Å². The predicted octanol–water partition coefficient (Wildman–Crippen LogP) is 2.58. The van der Waals surface area contributed by atoms with Gasteiger partial charge in [-0.15, -0.1) is 0 Å². The van der Waals surface area contributed by atoms with Gasteiger partial charge in [0, 0.05) is 18.5 Å². The third-order valence-electron chi connectivity index (χ3n) is 3.53. The van der Waals surface area contributed by atoms with E-state index < -0.39 is 0 Å². The van der Waals surface area contributed by atoms with Gasteiger partial charge in [0.15, 0.2) is 5.17 Å². The summed E-state index contributed by atoms with van der Waals surface area (Å²) in [6.07, 6.45) is 11.8. The van der Waals surface area contributed by atoms with Crippen LogP contribution in [0.4, 0.5) is 0 Å². The zero-order valence-electron chi connectivity index (χ0n) is 11.1. The molecule has 18 heavy (non-hydrogen) atoms. The fraction of sp³-hybridized carbons (Fsp3) is 0.500. The van der Waals surface area contributed by atoms with E-state index in [9.17, 15) is 0 Å². The first-order valence-electron chi connectivity index (χ1n) is 6.38. The van der Waals surface area contributed by atoms with Crippen LogP contribution in [-0.2, 0) is 0 Å². The molecule has 0 spiro atoms. The Morgan fingerprint density at radius 2 is 2.33 bits per heavy atom. The lowest BCUT2D eigenvalue weighted by atomic mass is 9.85. The second kappa shape index (κ2) is 5.65. The number of nitrogens with one attached hydrogen (secondary N) is 1. The van der Waals surface area contributed by atoms with Crippen LogP contribution in [0.5, 0.6) is 0 Å². The van der Waals surface area contributed by atoms with Gasteiger partial charge in [-0.1, -0.05) is 30.0 Å². The SMILES string of the molecule is CNC1=C/CC\C(C2(C)CCSC(N)=N2)=C/C=C\1. The van der Waals surface area contributed by atoms with Crippen LogP contribution >= 0.6 is 11.8 Å². The van der Waals surface area contributed by atoms with Gasteiger partial charge < -0.3 is 11.1 Å². The van der Waals surface area contributed by atoms with Crippen LogP contribution in [-0.4, -0.2) is 23.5 Å². The Labute approximate surface area is 113 Å². The molecule has 98 valence electrons. The minimum absolute atomic E-state index is 0.106. The van der Waals surface area contributed by atoms with Crippen molar-refractivity contribution in [1.29, 1.82) is 0 Å². The molecule has 0 saturated heterocycles. The first-order valence-corrected chi connectivity index (χ1v) is 7.36. The lowest BCUT2D eigenvalue weighted by Crippen LogP contribution is -2.33. The largest absolute Gasteiger partial charge is 0.388 e. The number of amidine groups is 1. The summed E-state index contributed by atoms with van der Waals surface area (Å²) in [7, 11) is 1.95. The molecule has 0 bridgehead atoms. The molecule has 2 aliphatic rings. The summed E-state index contributed by atoms with van der Waals surface area (Å²) in [5.41, 5.74) is 8.33. The highest BCUT2D eigenvalue weighted by Gasteiger charge is 2.30. The first kappa shape index (κ1) is 13.3. The van der Waals surface area contributed by atoms with Crippen molar-refractivity contribution >= 4 is 16.9 Å². The Bertz CT molecular complexity index is 434. The van der Waals surface area contributed by atoms with Crippen molar-refractivity contribution in [3.8, 4) is 0 Å². The molecule has 0 aromatic heterocycles. The van der Waals surface area contributed by atoms with Crippen LogP contribution in [0.3, 0.4) is 0 Å². The molecule has 1 heterocycles. The van der Waals surface area contributed by atoms with Crippen molar-refractivity contribution in [2.45, 2.75) is 31.7 Å². The van der Waals surface area contributed by atoms with Gasteiger partial charge >= 0.3 is 0 Å². The maximum Gasteiger partial charge on any atom is 0.154 e. The Morgan fingerprint density at radius 1 is 1.50 bits per heavy atom. The lowest BCUT2D eigenvalue weighted by Gasteiger charge is -2.32. The number of hydrogen-bond acceptors (Lipinski definition) is 4. The highest BCUT2D eigenvalue weighted by atomic mass is 32.2. The van der Waals surface area contributed by atoms with E-state index in [0.29, 0.717) is 0 Å². The summed E-state index contributed by atoms with van der Waals surface area (Å²) in [6.45, 7) is 2.20. The predicted molar refractivity (Wildman–Crippen MR) is 80.7 cm³/mol. The number of allylic oxidation sites excluding steroid dienone is 4. The lowest BCUT2D eigenvalue weighted by molar-refractivity contribution is 0.516. The van der Waals surface area contributed by atoms with E-state index in [1.165, 1.54) is 11.3 Å². The minimum atomic E-state index is -0.106. The van der Waals surface area contributed by atoms with Gasteiger partial charge in [-0.25, -0.2) is 0 Å². The molecule has 1 aliphatic carbocycles. The average molecular weight is 263 g/mol. The highest BCUT2D eigenvalue weighted by molar-refractivity contribution is 8.13. The van der Waals surface area contributed by atoms with E-state index in [2.05, 4.69) is 41.5 Å². The molecule has 0 amide bonds. The van der Waals surface area contributed by atoms with E-state index in [-0.39, 0.29) is 5.54 Å². The van der Waals surface area contributed by atoms with Crippen LogP contribution in [0.1, 0.15) is 26.2 Å². The monoisotopic (exact) mass is 263 g/mol. The number of rotatable bonds is 2. The Morgan fingerprint density at radius 3 is 3.06 bits per heavy atom. The Balaban J connectivity index is 2.22. The maximum atomic E-state index is 5.88. The molecule has 0 saturated carbocycles. The van der Waals surface area contributed by atoms with Crippen molar-refractivity contribution in [3.63, 3.8) is 0 Å². The van der Waals surface area contributed by atoms with Gasteiger partial charge in [0.2, 0.25) is 0 Å².